The molecule has 1 aromatic carbocycles. The maximum atomic E-state index is 12.3. The molecule has 1 amide bonds. The first-order valence-corrected chi connectivity index (χ1v) is 7.10. The number of rotatable bonds is 5. The normalized spacial score (nSPS) is 10.6. The highest BCUT2D eigenvalue weighted by Crippen LogP contribution is 2.30. The zero-order chi connectivity index (χ0) is 16.8. The summed E-state index contributed by atoms with van der Waals surface area (Å²) >= 11 is 5.85. The maximum Gasteiger partial charge on any atom is 0.287 e. The predicted molar refractivity (Wildman–Crippen MR) is 88.8 cm³/mol. The number of carbonyl (C=O) groups is 1. The van der Waals surface area contributed by atoms with Crippen molar-refractivity contribution in [2.45, 2.75) is 0 Å². The van der Waals surface area contributed by atoms with E-state index in [4.69, 9.17) is 21.1 Å². The van der Waals surface area contributed by atoms with E-state index in [1.165, 1.54) is 19.6 Å². The van der Waals surface area contributed by atoms with Crippen LogP contribution in [0.4, 0.5) is 0 Å². The van der Waals surface area contributed by atoms with Crippen molar-refractivity contribution in [3.05, 3.63) is 47.1 Å². The molecular weight excluding hydrogens is 318 g/mol. The van der Waals surface area contributed by atoms with Gasteiger partial charge in [0.15, 0.2) is 0 Å². The number of methoxy groups -OCH3 is 1. The van der Waals surface area contributed by atoms with E-state index in [1.807, 2.05) is 0 Å². The molecular formula is C16H16ClN3O3. The van der Waals surface area contributed by atoms with Crippen LogP contribution in [-0.2, 0) is 0 Å². The third-order valence-corrected chi connectivity index (χ3v) is 3.00. The summed E-state index contributed by atoms with van der Waals surface area (Å²) in [5, 5.41) is 0.586. The molecule has 23 heavy (non-hydrogen) atoms. The van der Waals surface area contributed by atoms with Gasteiger partial charge in [0.2, 0.25) is 5.88 Å². The van der Waals surface area contributed by atoms with Crippen LogP contribution in [-0.4, -0.2) is 43.3 Å². The fourth-order valence-electron chi connectivity index (χ4n) is 1.72. The van der Waals surface area contributed by atoms with Gasteiger partial charge >= 0.3 is 0 Å². The number of aliphatic imine (C=N–C) groups is 1. The van der Waals surface area contributed by atoms with Gasteiger partial charge in [0.1, 0.15) is 17.1 Å². The Kier molecular flexibility index (Phi) is 5.54. The molecule has 7 heteroatoms. The molecule has 0 fully saturated rings. The number of pyridine rings is 1. The van der Waals surface area contributed by atoms with E-state index in [9.17, 15) is 4.79 Å². The van der Waals surface area contributed by atoms with E-state index in [2.05, 4.69) is 9.98 Å². The Bertz CT molecular complexity index is 715. The monoisotopic (exact) mass is 333 g/mol. The first kappa shape index (κ1) is 16.8. The minimum absolute atomic E-state index is 0.118. The molecule has 1 heterocycles. The summed E-state index contributed by atoms with van der Waals surface area (Å²) in [4.78, 5) is 22.0. The molecule has 0 aliphatic carbocycles. The molecule has 1 aromatic heterocycles. The highest BCUT2D eigenvalue weighted by molar-refractivity contribution is 6.30. The van der Waals surface area contributed by atoms with Crippen molar-refractivity contribution in [3.63, 3.8) is 0 Å². The van der Waals surface area contributed by atoms with Gasteiger partial charge in [-0.3, -0.25) is 4.79 Å². The number of nitrogens with zero attached hydrogens (tertiary/aromatic N) is 3. The molecule has 0 spiro atoms. The van der Waals surface area contributed by atoms with Crippen molar-refractivity contribution < 1.29 is 14.3 Å². The third-order valence-electron chi connectivity index (χ3n) is 2.75. The lowest BCUT2D eigenvalue weighted by Gasteiger charge is -2.11. The largest absolute Gasteiger partial charge is 0.496 e. The Morgan fingerprint density at radius 1 is 1.26 bits per heavy atom. The van der Waals surface area contributed by atoms with E-state index in [0.29, 0.717) is 16.5 Å². The van der Waals surface area contributed by atoms with E-state index >= 15 is 0 Å². The summed E-state index contributed by atoms with van der Waals surface area (Å²) < 4.78 is 10.9. The van der Waals surface area contributed by atoms with Crippen LogP contribution in [0.15, 0.2) is 41.5 Å². The summed E-state index contributed by atoms with van der Waals surface area (Å²) in [6.07, 6.45) is 2.90. The molecule has 0 aliphatic heterocycles. The highest BCUT2D eigenvalue weighted by Gasteiger charge is 2.20. The molecule has 2 rings (SSSR count). The van der Waals surface area contributed by atoms with Crippen molar-refractivity contribution in [1.29, 1.82) is 0 Å². The lowest BCUT2D eigenvalue weighted by Crippen LogP contribution is -2.11. The molecule has 0 saturated heterocycles. The first-order valence-electron chi connectivity index (χ1n) is 6.72. The van der Waals surface area contributed by atoms with Crippen LogP contribution in [0.3, 0.4) is 0 Å². The minimum atomic E-state index is -0.507. The molecule has 0 aliphatic rings. The van der Waals surface area contributed by atoms with Gasteiger partial charge in [0.25, 0.3) is 5.91 Å². The Morgan fingerprint density at radius 2 is 1.96 bits per heavy atom. The van der Waals surface area contributed by atoms with Crippen molar-refractivity contribution in [3.8, 4) is 17.4 Å². The average molecular weight is 334 g/mol. The Morgan fingerprint density at radius 3 is 2.57 bits per heavy atom. The van der Waals surface area contributed by atoms with Crippen molar-refractivity contribution in [1.82, 2.24) is 9.88 Å². The summed E-state index contributed by atoms with van der Waals surface area (Å²) in [6.45, 7) is 0. The van der Waals surface area contributed by atoms with Gasteiger partial charge < -0.3 is 14.4 Å². The highest BCUT2D eigenvalue weighted by atomic mass is 35.5. The summed E-state index contributed by atoms with van der Waals surface area (Å²) in [5.74, 6) is 0.450. The smallest absolute Gasteiger partial charge is 0.287 e. The lowest BCUT2D eigenvalue weighted by atomic mass is 10.2. The molecule has 0 radical (unpaired) electrons. The Labute approximate surface area is 139 Å². The van der Waals surface area contributed by atoms with Crippen molar-refractivity contribution in [2.24, 2.45) is 4.99 Å². The van der Waals surface area contributed by atoms with Crippen LogP contribution >= 0.6 is 11.6 Å². The zero-order valence-corrected chi connectivity index (χ0v) is 13.7. The lowest BCUT2D eigenvalue weighted by molar-refractivity contribution is 0.0996. The molecule has 0 saturated carbocycles. The average Bonchev–Trinajstić information content (AvgIpc) is 2.54. The van der Waals surface area contributed by atoms with Crippen LogP contribution in [0, 0.1) is 0 Å². The van der Waals surface area contributed by atoms with Crippen LogP contribution < -0.4 is 9.47 Å². The second-order valence-corrected chi connectivity index (χ2v) is 5.20. The summed E-state index contributed by atoms with van der Waals surface area (Å²) in [5.41, 5.74) is 0.156. The van der Waals surface area contributed by atoms with Gasteiger partial charge in [-0.2, -0.15) is 4.99 Å². The minimum Gasteiger partial charge on any atom is -0.496 e. The molecule has 6 nitrogen and oxygen atoms in total. The summed E-state index contributed by atoms with van der Waals surface area (Å²) in [6, 6.07) is 8.31. The molecule has 0 unspecified atom stereocenters. The molecule has 120 valence electrons. The van der Waals surface area contributed by atoms with E-state index in [1.54, 1.807) is 49.3 Å². The topological polar surface area (TPSA) is 64.0 Å². The predicted octanol–water partition coefficient (Wildman–Crippen LogP) is 3.27. The van der Waals surface area contributed by atoms with Crippen molar-refractivity contribution in [2.75, 3.05) is 21.2 Å². The second kappa shape index (κ2) is 7.60. The number of ether oxygens (including phenoxy) is 2. The number of hydrogen-bond donors (Lipinski definition) is 0. The summed E-state index contributed by atoms with van der Waals surface area (Å²) in [7, 11) is 5.00. The van der Waals surface area contributed by atoms with E-state index < -0.39 is 5.91 Å². The second-order valence-electron chi connectivity index (χ2n) is 4.76. The quantitative estimate of drug-likeness (QED) is 0.620. The SMILES string of the molecule is COc1ccnc(Oc2ccc(Cl)cc2)c1C(=O)N=CN(C)C. The number of amides is 1. The van der Waals surface area contributed by atoms with Gasteiger partial charge in [0, 0.05) is 25.3 Å². The zero-order valence-electron chi connectivity index (χ0n) is 13.0. The van der Waals surface area contributed by atoms with Gasteiger partial charge in [-0.1, -0.05) is 11.6 Å². The fourth-order valence-corrected chi connectivity index (χ4v) is 1.84. The van der Waals surface area contributed by atoms with Crippen LogP contribution in [0.25, 0.3) is 0 Å². The number of carbonyl (C=O) groups excluding carboxylic acids is 1. The first-order chi connectivity index (χ1) is 11.0. The number of aromatic nitrogens is 1. The van der Waals surface area contributed by atoms with Gasteiger partial charge in [-0.15, -0.1) is 0 Å². The molecule has 2 aromatic rings. The molecule has 0 N–H and O–H groups in total. The Balaban J connectivity index is 2.39. The van der Waals surface area contributed by atoms with Crippen LogP contribution in [0.5, 0.6) is 17.4 Å². The van der Waals surface area contributed by atoms with Gasteiger partial charge in [-0.05, 0) is 30.3 Å². The van der Waals surface area contributed by atoms with Crippen molar-refractivity contribution >= 4 is 23.8 Å². The standard InChI is InChI=1S/C16H16ClN3O3/c1-20(2)10-19-15(21)14-13(22-3)8-9-18-16(14)23-12-6-4-11(17)5-7-12/h4-10H,1-3H3. The van der Waals surface area contributed by atoms with Crippen LogP contribution in [0.1, 0.15) is 10.4 Å². The Hall–Kier alpha value is -2.60. The third kappa shape index (κ3) is 4.43. The number of hydrogen-bond acceptors (Lipinski definition) is 4. The number of halogens is 1. The van der Waals surface area contributed by atoms with Gasteiger partial charge in [-0.25, -0.2) is 4.98 Å². The number of benzene rings is 1. The molecule has 0 atom stereocenters. The van der Waals surface area contributed by atoms with E-state index in [0.717, 1.165) is 0 Å². The van der Waals surface area contributed by atoms with E-state index in [-0.39, 0.29) is 11.4 Å². The molecule has 0 bridgehead atoms. The van der Waals surface area contributed by atoms with Gasteiger partial charge in [0.05, 0.1) is 13.4 Å². The maximum absolute atomic E-state index is 12.3. The van der Waals surface area contributed by atoms with Crippen LogP contribution in [0.2, 0.25) is 5.02 Å². The fraction of sp³-hybridized carbons (Fsp3) is 0.188.